The molecule has 0 saturated heterocycles. The van der Waals surface area contributed by atoms with Crippen molar-refractivity contribution in [1.82, 2.24) is 14.9 Å². The quantitative estimate of drug-likeness (QED) is 0.860. The Morgan fingerprint density at radius 3 is 2.81 bits per heavy atom. The van der Waals surface area contributed by atoms with Gasteiger partial charge in [0.2, 0.25) is 10.0 Å². The highest BCUT2D eigenvalue weighted by molar-refractivity contribution is 7.89. The second kappa shape index (κ2) is 6.32. The second-order valence-corrected chi connectivity index (χ2v) is 6.68. The van der Waals surface area contributed by atoms with Crippen LogP contribution >= 0.6 is 0 Å². The molecule has 0 bridgehead atoms. The van der Waals surface area contributed by atoms with Crippen molar-refractivity contribution in [2.45, 2.75) is 48.9 Å². The van der Waals surface area contributed by atoms with E-state index in [2.05, 4.69) is 14.9 Å². The van der Waals surface area contributed by atoms with Crippen molar-refractivity contribution in [3.05, 3.63) is 12.4 Å². The number of alkyl halides is 3. The van der Waals surface area contributed by atoms with E-state index < -0.39 is 35.0 Å². The zero-order valence-corrected chi connectivity index (χ0v) is 11.9. The van der Waals surface area contributed by atoms with Crippen molar-refractivity contribution in [1.29, 1.82) is 0 Å². The van der Waals surface area contributed by atoms with Gasteiger partial charge in [0.15, 0.2) is 0 Å². The number of hydrogen-bond donors (Lipinski definition) is 2. The van der Waals surface area contributed by atoms with Crippen LogP contribution < -0.4 is 4.72 Å². The Bertz CT molecular complexity index is 545. The molecule has 10 heteroatoms. The molecule has 1 aliphatic rings. The molecule has 2 atom stereocenters. The van der Waals surface area contributed by atoms with E-state index in [4.69, 9.17) is 4.74 Å². The number of nitrogens with zero attached hydrogens (tertiary/aromatic N) is 1. The van der Waals surface area contributed by atoms with Gasteiger partial charge in [0.25, 0.3) is 0 Å². The van der Waals surface area contributed by atoms with Crippen molar-refractivity contribution < 1.29 is 26.3 Å². The monoisotopic (exact) mass is 327 g/mol. The summed E-state index contributed by atoms with van der Waals surface area (Å²) in [4.78, 5) is 0.000772. The summed E-state index contributed by atoms with van der Waals surface area (Å²) < 4.78 is 67.6. The lowest BCUT2D eigenvalue weighted by Gasteiger charge is -2.29. The van der Waals surface area contributed by atoms with Crippen LogP contribution in [0.15, 0.2) is 17.3 Å². The number of sulfonamides is 1. The standard InChI is InChI=1S/C11H16F3N3O3S/c12-11(13,14)7-20-9-3-1-2-8(4-9)17-21(18,19)10-5-15-16-6-10/h5-6,8-9,17H,1-4,7H2,(H,15,16). The van der Waals surface area contributed by atoms with Crippen LogP contribution in [-0.4, -0.2) is 43.5 Å². The number of nitrogens with one attached hydrogen (secondary N) is 2. The van der Waals surface area contributed by atoms with Gasteiger partial charge in [-0.05, 0) is 25.7 Å². The molecular formula is C11H16F3N3O3S. The Balaban J connectivity index is 1.90. The van der Waals surface area contributed by atoms with Gasteiger partial charge in [0, 0.05) is 12.2 Å². The summed E-state index contributed by atoms with van der Waals surface area (Å²) in [6, 6.07) is -0.433. The Morgan fingerprint density at radius 1 is 1.43 bits per heavy atom. The van der Waals surface area contributed by atoms with E-state index in [-0.39, 0.29) is 11.3 Å². The molecule has 0 radical (unpaired) electrons. The average Bonchev–Trinajstić information content (AvgIpc) is 2.90. The lowest BCUT2D eigenvalue weighted by Crippen LogP contribution is -2.41. The van der Waals surface area contributed by atoms with Gasteiger partial charge in [-0.25, -0.2) is 13.1 Å². The minimum Gasteiger partial charge on any atom is -0.369 e. The Hall–Kier alpha value is -1.13. The Kier molecular flexibility index (Phi) is 4.89. The summed E-state index contributed by atoms with van der Waals surface area (Å²) in [7, 11) is -3.70. The van der Waals surface area contributed by atoms with Crippen LogP contribution in [0.5, 0.6) is 0 Å². The third kappa shape index (κ3) is 4.97. The molecule has 1 fully saturated rings. The van der Waals surface area contributed by atoms with Crippen LogP contribution in [0.2, 0.25) is 0 Å². The molecular weight excluding hydrogens is 311 g/mol. The molecule has 120 valence electrons. The molecule has 0 aromatic carbocycles. The van der Waals surface area contributed by atoms with Crippen molar-refractivity contribution in [3.63, 3.8) is 0 Å². The normalized spacial score (nSPS) is 24.1. The van der Waals surface area contributed by atoms with Crippen molar-refractivity contribution in [3.8, 4) is 0 Å². The smallest absolute Gasteiger partial charge is 0.369 e. The summed E-state index contributed by atoms with van der Waals surface area (Å²) in [6.07, 6.45) is -0.635. The molecule has 2 N–H and O–H groups in total. The molecule has 0 spiro atoms. The van der Waals surface area contributed by atoms with Crippen LogP contribution in [0.3, 0.4) is 0 Å². The first-order chi connectivity index (χ1) is 9.76. The van der Waals surface area contributed by atoms with E-state index in [1.165, 1.54) is 12.4 Å². The van der Waals surface area contributed by atoms with Crippen molar-refractivity contribution in [2.24, 2.45) is 0 Å². The zero-order valence-electron chi connectivity index (χ0n) is 11.1. The maximum absolute atomic E-state index is 12.1. The molecule has 1 aromatic heterocycles. The van der Waals surface area contributed by atoms with E-state index in [0.717, 1.165) is 0 Å². The van der Waals surface area contributed by atoms with Gasteiger partial charge < -0.3 is 4.74 Å². The van der Waals surface area contributed by atoms with E-state index in [1.807, 2.05) is 0 Å². The van der Waals surface area contributed by atoms with Crippen LogP contribution in [-0.2, 0) is 14.8 Å². The fourth-order valence-corrected chi connectivity index (χ4v) is 3.48. The van der Waals surface area contributed by atoms with Crippen LogP contribution in [0.25, 0.3) is 0 Å². The maximum atomic E-state index is 12.1. The van der Waals surface area contributed by atoms with E-state index in [9.17, 15) is 21.6 Å². The minimum absolute atomic E-state index is 0.000772. The van der Waals surface area contributed by atoms with Crippen LogP contribution in [0, 0.1) is 0 Å². The molecule has 1 saturated carbocycles. The van der Waals surface area contributed by atoms with Gasteiger partial charge in [-0.15, -0.1) is 0 Å². The highest BCUT2D eigenvalue weighted by atomic mass is 32.2. The largest absolute Gasteiger partial charge is 0.411 e. The number of ether oxygens (including phenoxy) is 1. The topological polar surface area (TPSA) is 84.1 Å². The number of aromatic nitrogens is 2. The summed E-state index contributed by atoms with van der Waals surface area (Å²) in [5.41, 5.74) is 0. The summed E-state index contributed by atoms with van der Waals surface area (Å²) in [5, 5.41) is 5.96. The molecule has 21 heavy (non-hydrogen) atoms. The first-order valence-electron chi connectivity index (χ1n) is 6.46. The lowest BCUT2D eigenvalue weighted by atomic mass is 9.93. The summed E-state index contributed by atoms with van der Waals surface area (Å²) in [6.45, 7) is -1.31. The molecule has 1 heterocycles. The predicted molar refractivity (Wildman–Crippen MR) is 67.0 cm³/mol. The first kappa shape index (κ1) is 16.2. The number of hydrogen-bond acceptors (Lipinski definition) is 4. The van der Waals surface area contributed by atoms with Crippen molar-refractivity contribution >= 4 is 10.0 Å². The predicted octanol–water partition coefficient (Wildman–Crippen LogP) is 1.58. The van der Waals surface area contributed by atoms with E-state index >= 15 is 0 Å². The third-order valence-corrected chi connectivity index (χ3v) is 4.70. The first-order valence-corrected chi connectivity index (χ1v) is 7.94. The third-order valence-electron chi connectivity index (χ3n) is 3.21. The number of rotatable bonds is 5. The zero-order chi connectivity index (χ0) is 15.5. The lowest BCUT2D eigenvalue weighted by molar-refractivity contribution is -0.188. The molecule has 0 amide bonds. The maximum Gasteiger partial charge on any atom is 0.411 e. The van der Waals surface area contributed by atoms with E-state index in [1.54, 1.807) is 0 Å². The van der Waals surface area contributed by atoms with Gasteiger partial charge in [-0.3, -0.25) is 5.10 Å². The minimum atomic E-state index is -4.37. The molecule has 1 aromatic rings. The highest BCUT2D eigenvalue weighted by Gasteiger charge is 2.32. The fourth-order valence-electron chi connectivity index (χ4n) is 2.29. The van der Waals surface area contributed by atoms with E-state index in [0.29, 0.717) is 19.3 Å². The van der Waals surface area contributed by atoms with Crippen LogP contribution in [0.1, 0.15) is 25.7 Å². The Labute approximate surface area is 120 Å². The molecule has 2 unspecified atom stereocenters. The fraction of sp³-hybridized carbons (Fsp3) is 0.727. The number of halogens is 3. The van der Waals surface area contributed by atoms with Crippen LogP contribution in [0.4, 0.5) is 13.2 Å². The molecule has 1 aliphatic carbocycles. The SMILES string of the molecule is O=S(=O)(NC1CCCC(OCC(F)(F)F)C1)c1cn[nH]c1. The van der Waals surface area contributed by atoms with Gasteiger partial charge in [0.1, 0.15) is 11.5 Å². The second-order valence-electron chi connectivity index (χ2n) is 4.97. The summed E-state index contributed by atoms with van der Waals surface area (Å²) >= 11 is 0. The number of H-pyrrole nitrogens is 1. The van der Waals surface area contributed by atoms with Gasteiger partial charge in [-0.2, -0.15) is 18.3 Å². The van der Waals surface area contributed by atoms with Gasteiger partial charge in [0.05, 0.1) is 12.3 Å². The molecule has 2 rings (SSSR count). The highest BCUT2D eigenvalue weighted by Crippen LogP contribution is 2.25. The van der Waals surface area contributed by atoms with Gasteiger partial charge >= 0.3 is 6.18 Å². The van der Waals surface area contributed by atoms with Crippen molar-refractivity contribution in [2.75, 3.05) is 6.61 Å². The number of aromatic amines is 1. The summed E-state index contributed by atoms with van der Waals surface area (Å²) in [5.74, 6) is 0. The Morgan fingerprint density at radius 2 is 2.19 bits per heavy atom. The van der Waals surface area contributed by atoms with Gasteiger partial charge in [-0.1, -0.05) is 0 Å². The average molecular weight is 327 g/mol. The molecule has 0 aliphatic heterocycles. The molecule has 6 nitrogen and oxygen atoms in total.